The molecule has 152 valence electrons. The summed E-state index contributed by atoms with van der Waals surface area (Å²) in [5.74, 6) is 0.0867. The van der Waals surface area contributed by atoms with Crippen LogP contribution >= 0.6 is 0 Å². The number of aromatic nitrogens is 6. The molecular weight excluding hydrogens is 384 g/mol. The van der Waals surface area contributed by atoms with Gasteiger partial charge in [-0.05, 0) is 48.9 Å². The first-order valence-electron chi connectivity index (χ1n) is 9.73. The number of rotatable bonds is 4. The van der Waals surface area contributed by atoms with Gasteiger partial charge in [0.2, 0.25) is 11.9 Å². The van der Waals surface area contributed by atoms with Crippen LogP contribution in [0.3, 0.4) is 0 Å². The monoisotopic (exact) mass is 404 g/mol. The minimum Gasteiger partial charge on any atom is -0.369 e. The number of primary amides is 1. The van der Waals surface area contributed by atoms with Gasteiger partial charge in [-0.25, -0.2) is 4.98 Å². The molecule has 0 aliphatic heterocycles. The predicted molar refractivity (Wildman–Crippen MR) is 111 cm³/mol. The number of benzene rings is 1. The molecule has 1 aromatic carbocycles. The smallest absolute Gasteiger partial charge is 0.258 e. The number of nitrogens with one attached hydrogen (secondary N) is 1. The molecule has 4 aromatic rings. The zero-order valence-electron chi connectivity index (χ0n) is 16.3. The van der Waals surface area contributed by atoms with Crippen molar-refractivity contribution in [1.82, 2.24) is 29.5 Å². The molecule has 30 heavy (non-hydrogen) atoms. The maximum atomic E-state index is 12.3. The zero-order chi connectivity index (χ0) is 20.8. The zero-order valence-corrected chi connectivity index (χ0v) is 16.3. The van der Waals surface area contributed by atoms with E-state index in [9.17, 15) is 9.59 Å². The molecule has 1 saturated carbocycles. The Morgan fingerprint density at radius 1 is 1.27 bits per heavy atom. The van der Waals surface area contributed by atoms with Crippen LogP contribution in [-0.2, 0) is 11.8 Å². The SMILES string of the molecule is Cn1ccc2cc(-n3nnc4cnc(N[C@@H]5CC[C@@H](C(N)=O)C5)nc43)ccc2c1=O. The molecule has 1 fully saturated rings. The van der Waals surface area contributed by atoms with Gasteiger partial charge < -0.3 is 15.6 Å². The molecule has 3 heterocycles. The van der Waals surface area contributed by atoms with Gasteiger partial charge >= 0.3 is 0 Å². The summed E-state index contributed by atoms with van der Waals surface area (Å²) in [6, 6.07) is 7.47. The standard InChI is InChI=1S/C20H20N8O2/c1-27-7-6-11-9-14(4-5-15(11)19(27)30)28-18-16(25-26-28)10-22-20(24-18)23-13-3-2-12(8-13)17(21)29/h4-7,9-10,12-13H,2-3,8H2,1H3,(H2,21,29)(H,22,23,24)/t12-,13-/m1/s1. The van der Waals surface area contributed by atoms with E-state index in [2.05, 4.69) is 25.6 Å². The van der Waals surface area contributed by atoms with Crippen LogP contribution in [0.25, 0.3) is 27.6 Å². The van der Waals surface area contributed by atoms with Gasteiger partial charge in [0.05, 0.1) is 11.9 Å². The fourth-order valence-corrected chi connectivity index (χ4v) is 3.99. The van der Waals surface area contributed by atoms with Crippen molar-refractivity contribution in [3.63, 3.8) is 0 Å². The maximum Gasteiger partial charge on any atom is 0.258 e. The summed E-state index contributed by atoms with van der Waals surface area (Å²) in [5, 5.41) is 13.1. The van der Waals surface area contributed by atoms with Gasteiger partial charge in [-0.15, -0.1) is 5.10 Å². The second-order valence-corrected chi connectivity index (χ2v) is 7.66. The fraction of sp³-hybridized carbons (Fsp3) is 0.300. The highest BCUT2D eigenvalue weighted by Gasteiger charge is 2.28. The highest BCUT2D eigenvalue weighted by molar-refractivity contribution is 5.84. The summed E-state index contributed by atoms with van der Waals surface area (Å²) in [5.41, 5.74) is 7.23. The summed E-state index contributed by atoms with van der Waals surface area (Å²) in [4.78, 5) is 32.6. The second kappa shape index (κ2) is 6.90. The molecule has 3 aromatic heterocycles. The van der Waals surface area contributed by atoms with E-state index in [0.29, 0.717) is 28.9 Å². The third-order valence-corrected chi connectivity index (χ3v) is 5.67. The van der Waals surface area contributed by atoms with E-state index in [4.69, 9.17) is 5.73 Å². The number of hydrogen-bond acceptors (Lipinski definition) is 7. The van der Waals surface area contributed by atoms with Crippen molar-refractivity contribution in [2.45, 2.75) is 25.3 Å². The Morgan fingerprint density at radius 2 is 2.13 bits per heavy atom. The average Bonchev–Trinajstić information content (AvgIpc) is 3.37. The maximum absolute atomic E-state index is 12.3. The second-order valence-electron chi connectivity index (χ2n) is 7.66. The number of nitrogens with two attached hydrogens (primary N) is 1. The van der Waals surface area contributed by atoms with Crippen molar-refractivity contribution in [1.29, 1.82) is 0 Å². The number of nitrogens with zero attached hydrogens (tertiary/aromatic N) is 6. The number of anilines is 1. The number of amides is 1. The molecule has 0 bridgehead atoms. The van der Waals surface area contributed by atoms with E-state index in [-0.39, 0.29) is 23.4 Å². The molecule has 0 saturated heterocycles. The molecule has 1 aliphatic rings. The van der Waals surface area contributed by atoms with Crippen LogP contribution < -0.4 is 16.6 Å². The van der Waals surface area contributed by atoms with Gasteiger partial charge in [-0.3, -0.25) is 9.59 Å². The Labute approximate surface area is 170 Å². The Morgan fingerprint density at radius 3 is 2.93 bits per heavy atom. The van der Waals surface area contributed by atoms with Crippen molar-refractivity contribution in [2.75, 3.05) is 5.32 Å². The molecule has 5 rings (SSSR count). The first-order valence-corrected chi connectivity index (χ1v) is 9.73. The summed E-state index contributed by atoms with van der Waals surface area (Å²) >= 11 is 0. The molecule has 10 nitrogen and oxygen atoms in total. The lowest BCUT2D eigenvalue weighted by Crippen LogP contribution is -2.23. The Balaban J connectivity index is 1.49. The Kier molecular flexibility index (Phi) is 4.19. The summed E-state index contributed by atoms with van der Waals surface area (Å²) < 4.78 is 3.17. The third-order valence-electron chi connectivity index (χ3n) is 5.67. The van der Waals surface area contributed by atoms with Crippen LogP contribution in [0, 0.1) is 5.92 Å². The first-order chi connectivity index (χ1) is 14.5. The van der Waals surface area contributed by atoms with E-state index < -0.39 is 0 Å². The number of fused-ring (bicyclic) bond motifs is 2. The van der Waals surface area contributed by atoms with Crippen LogP contribution in [0.15, 0.2) is 41.5 Å². The van der Waals surface area contributed by atoms with Crippen molar-refractivity contribution in [3.05, 3.63) is 47.0 Å². The van der Waals surface area contributed by atoms with E-state index in [1.165, 1.54) is 0 Å². The average molecular weight is 404 g/mol. The van der Waals surface area contributed by atoms with E-state index in [0.717, 1.165) is 23.9 Å². The predicted octanol–water partition coefficient (Wildman–Crippen LogP) is 1.13. The lowest BCUT2D eigenvalue weighted by Gasteiger charge is -2.12. The summed E-state index contributed by atoms with van der Waals surface area (Å²) in [7, 11) is 1.72. The minimum absolute atomic E-state index is 0.0536. The summed E-state index contributed by atoms with van der Waals surface area (Å²) in [6.07, 6.45) is 5.63. The van der Waals surface area contributed by atoms with E-state index >= 15 is 0 Å². The van der Waals surface area contributed by atoms with Crippen LogP contribution in [0.1, 0.15) is 19.3 Å². The third kappa shape index (κ3) is 3.06. The molecule has 3 N–H and O–H groups in total. The highest BCUT2D eigenvalue weighted by Crippen LogP contribution is 2.27. The van der Waals surface area contributed by atoms with Crippen molar-refractivity contribution >= 4 is 33.8 Å². The van der Waals surface area contributed by atoms with Crippen molar-refractivity contribution in [3.8, 4) is 5.69 Å². The van der Waals surface area contributed by atoms with E-state index in [1.54, 1.807) is 34.8 Å². The minimum atomic E-state index is -0.260. The normalized spacial score (nSPS) is 18.8. The number of pyridine rings is 1. The lowest BCUT2D eigenvalue weighted by atomic mass is 10.1. The highest BCUT2D eigenvalue weighted by atomic mass is 16.1. The van der Waals surface area contributed by atoms with Gasteiger partial charge in [0.25, 0.3) is 5.56 Å². The lowest BCUT2D eigenvalue weighted by molar-refractivity contribution is -0.121. The van der Waals surface area contributed by atoms with Crippen LogP contribution in [-0.4, -0.2) is 41.5 Å². The van der Waals surface area contributed by atoms with Gasteiger partial charge in [0, 0.05) is 30.6 Å². The number of carbonyl (C=O) groups is 1. The van der Waals surface area contributed by atoms with Crippen LogP contribution in [0.5, 0.6) is 0 Å². The number of carbonyl (C=O) groups excluding carboxylic acids is 1. The molecule has 2 atom stereocenters. The molecule has 1 aliphatic carbocycles. The van der Waals surface area contributed by atoms with Gasteiger partial charge in [0.1, 0.15) is 0 Å². The van der Waals surface area contributed by atoms with Crippen molar-refractivity contribution in [2.24, 2.45) is 18.7 Å². The topological polar surface area (TPSA) is 134 Å². The molecule has 1 amide bonds. The molecule has 10 heteroatoms. The van der Waals surface area contributed by atoms with Crippen molar-refractivity contribution < 1.29 is 4.79 Å². The number of hydrogen-bond donors (Lipinski definition) is 2. The first kappa shape index (κ1) is 18.2. The molecular formula is C20H20N8O2. The van der Waals surface area contributed by atoms with Gasteiger partial charge in [0.15, 0.2) is 11.2 Å². The quantitative estimate of drug-likeness (QED) is 0.521. The van der Waals surface area contributed by atoms with Crippen LogP contribution in [0.4, 0.5) is 5.95 Å². The van der Waals surface area contributed by atoms with Gasteiger partial charge in [-0.2, -0.15) is 9.67 Å². The Bertz CT molecular complexity index is 1340. The fourth-order valence-electron chi connectivity index (χ4n) is 3.99. The molecule has 0 radical (unpaired) electrons. The van der Waals surface area contributed by atoms with E-state index in [1.807, 2.05) is 18.2 Å². The molecule has 0 unspecified atom stereocenters. The number of aryl methyl sites for hydroxylation is 1. The van der Waals surface area contributed by atoms with Gasteiger partial charge in [-0.1, -0.05) is 5.21 Å². The largest absolute Gasteiger partial charge is 0.369 e. The van der Waals surface area contributed by atoms with Crippen LogP contribution in [0.2, 0.25) is 0 Å². The molecule has 0 spiro atoms. The Hall–Kier alpha value is -3.82. The summed E-state index contributed by atoms with van der Waals surface area (Å²) in [6.45, 7) is 0.